The fraction of sp³-hybridized carbons (Fsp3) is 0.294. The average molecular weight is 291 g/mol. The molecule has 0 aliphatic rings. The molecule has 0 fully saturated rings. The molecule has 0 bridgehead atoms. The molecule has 2 nitrogen and oxygen atoms in total. The van der Waals surface area contributed by atoms with Gasteiger partial charge in [0.25, 0.3) is 0 Å². The van der Waals surface area contributed by atoms with Crippen LogP contribution in [0.1, 0.15) is 25.0 Å². The van der Waals surface area contributed by atoms with E-state index in [0.717, 1.165) is 0 Å². The highest BCUT2D eigenvalue weighted by Gasteiger charge is 2.39. The summed E-state index contributed by atoms with van der Waals surface area (Å²) in [5.74, 6) is -0.804. The number of halogens is 2. The molecule has 3 N–H and O–H groups in total. The van der Waals surface area contributed by atoms with Gasteiger partial charge in [-0.25, -0.2) is 8.78 Å². The highest BCUT2D eigenvalue weighted by Crippen LogP contribution is 2.35. The Labute approximate surface area is 123 Å². The van der Waals surface area contributed by atoms with E-state index < -0.39 is 23.3 Å². The second-order valence-electron chi connectivity index (χ2n) is 5.55. The predicted octanol–water partition coefficient (Wildman–Crippen LogP) is 3.18. The van der Waals surface area contributed by atoms with Crippen molar-refractivity contribution in [2.75, 3.05) is 0 Å². The molecule has 0 aliphatic heterocycles. The van der Waals surface area contributed by atoms with Gasteiger partial charge in [-0.15, -0.1) is 0 Å². The van der Waals surface area contributed by atoms with Crippen molar-refractivity contribution in [3.63, 3.8) is 0 Å². The fourth-order valence-corrected chi connectivity index (χ4v) is 2.44. The highest BCUT2D eigenvalue weighted by molar-refractivity contribution is 5.38. The molecule has 1 atom stereocenters. The molecule has 112 valence electrons. The molecule has 0 spiro atoms. The van der Waals surface area contributed by atoms with Gasteiger partial charge in [0.15, 0.2) is 0 Å². The first-order valence-corrected chi connectivity index (χ1v) is 6.85. The van der Waals surface area contributed by atoms with Crippen LogP contribution in [0.25, 0.3) is 0 Å². The van der Waals surface area contributed by atoms with Crippen LogP contribution in [-0.2, 0) is 5.60 Å². The Morgan fingerprint density at radius 2 is 1.19 bits per heavy atom. The van der Waals surface area contributed by atoms with Crippen LogP contribution in [0.4, 0.5) is 8.78 Å². The quantitative estimate of drug-likeness (QED) is 0.909. The van der Waals surface area contributed by atoms with Crippen LogP contribution in [0.5, 0.6) is 0 Å². The average Bonchev–Trinajstić information content (AvgIpc) is 2.47. The van der Waals surface area contributed by atoms with E-state index in [0.29, 0.717) is 11.1 Å². The monoisotopic (exact) mass is 291 g/mol. The molecule has 2 aromatic carbocycles. The number of aliphatic hydroxyl groups is 1. The summed E-state index contributed by atoms with van der Waals surface area (Å²) in [5, 5.41) is 11.2. The maximum absolute atomic E-state index is 13.1. The molecule has 0 unspecified atom stereocenters. The second kappa shape index (κ2) is 5.92. The summed E-state index contributed by atoms with van der Waals surface area (Å²) in [7, 11) is 0. The first kappa shape index (κ1) is 15.6. The number of hydrogen-bond donors (Lipinski definition) is 2. The van der Waals surface area contributed by atoms with Gasteiger partial charge in [-0.3, -0.25) is 0 Å². The lowest BCUT2D eigenvalue weighted by atomic mass is 9.76. The number of rotatable bonds is 4. The Kier molecular flexibility index (Phi) is 4.40. The fourth-order valence-electron chi connectivity index (χ4n) is 2.44. The van der Waals surface area contributed by atoms with Gasteiger partial charge in [0, 0.05) is 6.04 Å². The Bertz CT molecular complexity index is 548. The van der Waals surface area contributed by atoms with Gasteiger partial charge in [-0.1, -0.05) is 38.1 Å². The molecule has 0 amide bonds. The van der Waals surface area contributed by atoms with Crippen LogP contribution < -0.4 is 5.73 Å². The lowest BCUT2D eigenvalue weighted by molar-refractivity contribution is 0.0352. The Morgan fingerprint density at radius 1 is 0.857 bits per heavy atom. The van der Waals surface area contributed by atoms with Crippen LogP contribution in [0.2, 0.25) is 0 Å². The zero-order valence-corrected chi connectivity index (χ0v) is 12.1. The van der Waals surface area contributed by atoms with Crippen LogP contribution in [0.15, 0.2) is 48.5 Å². The van der Waals surface area contributed by atoms with Gasteiger partial charge in [0.1, 0.15) is 17.2 Å². The van der Waals surface area contributed by atoms with E-state index in [1.54, 1.807) is 0 Å². The van der Waals surface area contributed by atoms with Crippen molar-refractivity contribution in [2.24, 2.45) is 11.7 Å². The molecule has 0 aliphatic carbocycles. The largest absolute Gasteiger partial charge is 0.379 e. The summed E-state index contributed by atoms with van der Waals surface area (Å²) in [6.45, 7) is 3.78. The van der Waals surface area contributed by atoms with Crippen molar-refractivity contribution in [1.82, 2.24) is 0 Å². The molecule has 0 saturated carbocycles. The van der Waals surface area contributed by atoms with Crippen molar-refractivity contribution in [3.8, 4) is 0 Å². The molecule has 2 aromatic rings. The summed E-state index contributed by atoms with van der Waals surface area (Å²) >= 11 is 0. The molecule has 0 heterocycles. The normalized spacial score (nSPS) is 13.5. The topological polar surface area (TPSA) is 46.2 Å². The maximum atomic E-state index is 13.1. The van der Waals surface area contributed by atoms with Crippen LogP contribution in [0, 0.1) is 17.6 Å². The van der Waals surface area contributed by atoms with Crippen molar-refractivity contribution in [2.45, 2.75) is 25.5 Å². The van der Waals surface area contributed by atoms with Crippen molar-refractivity contribution in [3.05, 3.63) is 71.3 Å². The summed E-state index contributed by atoms with van der Waals surface area (Å²) in [6.07, 6.45) is 0. The molecule has 0 saturated heterocycles. The number of hydrogen-bond acceptors (Lipinski definition) is 2. The van der Waals surface area contributed by atoms with E-state index in [-0.39, 0.29) is 5.92 Å². The third kappa shape index (κ3) is 2.96. The van der Waals surface area contributed by atoms with Gasteiger partial charge < -0.3 is 10.8 Å². The Morgan fingerprint density at radius 3 is 1.48 bits per heavy atom. The third-order valence-corrected chi connectivity index (χ3v) is 3.77. The molecule has 0 radical (unpaired) electrons. The molecular weight excluding hydrogens is 272 g/mol. The van der Waals surface area contributed by atoms with E-state index >= 15 is 0 Å². The summed E-state index contributed by atoms with van der Waals surface area (Å²) in [6, 6.07) is 10.5. The highest BCUT2D eigenvalue weighted by atomic mass is 19.1. The predicted molar refractivity (Wildman–Crippen MR) is 78.6 cm³/mol. The van der Waals surface area contributed by atoms with Gasteiger partial charge in [0.2, 0.25) is 0 Å². The maximum Gasteiger partial charge on any atom is 0.130 e. The molecule has 2 rings (SSSR count). The van der Waals surface area contributed by atoms with E-state index in [4.69, 9.17) is 5.73 Å². The minimum absolute atomic E-state index is 0.0230. The standard InChI is InChI=1S/C17H19F2NO/c1-11(2)16(20)17(21,12-3-7-14(18)8-4-12)13-5-9-15(19)10-6-13/h3-11,16,21H,20H2,1-2H3/t16-/m1/s1. The zero-order valence-electron chi connectivity index (χ0n) is 12.1. The van der Waals surface area contributed by atoms with Gasteiger partial charge in [-0.2, -0.15) is 0 Å². The number of nitrogens with two attached hydrogens (primary N) is 1. The van der Waals surface area contributed by atoms with E-state index in [1.807, 2.05) is 13.8 Å². The Balaban J connectivity index is 2.58. The minimum Gasteiger partial charge on any atom is -0.379 e. The molecular formula is C17H19F2NO. The van der Waals surface area contributed by atoms with Crippen LogP contribution in [-0.4, -0.2) is 11.1 Å². The van der Waals surface area contributed by atoms with E-state index in [9.17, 15) is 13.9 Å². The second-order valence-corrected chi connectivity index (χ2v) is 5.55. The lowest BCUT2D eigenvalue weighted by Gasteiger charge is -2.37. The summed E-state index contributed by atoms with van der Waals surface area (Å²) < 4.78 is 26.3. The molecule has 0 aromatic heterocycles. The van der Waals surface area contributed by atoms with Crippen LogP contribution in [0.3, 0.4) is 0 Å². The van der Waals surface area contributed by atoms with Gasteiger partial charge in [-0.05, 0) is 41.3 Å². The van der Waals surface area contributed by atoms with Crippen LogP contribution >= 0.6 is 0 Å². The van der Waals surface area contributed by atoms with E-state index in [1.165, 1.54) is 48.5 Å². The molecule has 4 heteroatoms. The smallest absolute Gasteiger partial charge is 0.130 e. The molecule has 21 heavy (non-hydrogen) atoms. The van der Waals surface area contributed by atoms with E-state index in [2.05, 4.69) is 0 Å². The zero-order chi connectivity index (χ0) is 15.6. The Hall–Kier alpha value is -1.78. The van der Waals surface area contributed by atoms with Crippen molar-refractivity contribution in [1.29, 1.82) is 0 Å². The summed E-state index contributed by atoms with van der Waals surface area (Å²) in [5.41, 5.74) is 5.66. The SMILES string of the molecule is CC(C)[C@@H](N)C(O)(c1ccc(F)cc1)c1ccc(F)cc1. The number of benzene rings is 2. The van der Waals surface area contributed by atoms with Crippen molar-refractivity contribution >= 4 is 0 Å². The first-order chi connectivity index (χ1) is 9.85. The van der Waals surface area contributed by atoms with Crippen molar-refractivity contribution < 1.29 is 13.9 Å². The lowest BCUT2D eigenvalue weighted by Crippen LogP contribution is -2.49. The first-order valence-electron chi connectivity index (χ1n) is 6.85. The summed E-state index contributed by atoms with van der Waals surface area (Å²) in [4.78, 5) is 0. The minimum atomic E-state index is -1.50. The van der Waals surface area contributed by atoms with Gasteiger partial charge >= 0.3 is 0 Å². The van der Waals surface area contributed by atoms with Gasteiger partial charge in [0.05, 0.1) is 0 Å². The third-order valence-electron chi connectivity index (χ3n) is 3.77.